The first-order chi connectivity index (χ1) is 15.8. The van der Waals surface area contributed by atoms with Crippen LogP contribution >= 0.6 is 11.5 Å². The molecule has 2 N–H and O–H groups in total. The SMILES string of the molecule is CCCN1CCN(c2ccc(-c3c(C)nsc3N(CC#N)[C@@H](CC(C)C)C(N)=O)cc2)CC1. The fraction of sp³-hybridized carbons (Fsp3) is 0.560. The Bertz CT molecular complexity index is 956. The first-order valence-electron chi connectivity index (χ1n) is 11.8. The van der Waals surface area contributed by atoms with E-state index in [1.54, 1.807) is 0 Å². The second-order valence-electron chi connectivity index (χ2n) is 9.16. The van der Waals surface area contributed by atoms with E-state index in [1.165, 1.54) is 30.2 Å². The number of hydrogen-bond donors (Lipinski definition) is 1. The second kappa shape index (κ2) is 11.5. The van der Waals surface area contributed by atoms with Crippen LogP contribution in [0.2, 0.25) is 0 Å². The van der Waals surface area contributed by atoms with E-state index in [9.17, 15) is 10.1 Å². The van der Waals surface area contributed by atoms with Gasteiger partial charge in [-0.2, -0.15) is 9.64 Å². The molecular formula is C25H36N6OS. The molecule has 1 fully saturated rings. The first kappa shape index (κ1) is 25.0. The molecule has 1 aliphatic heterocycles. The largest absolute Gasteiger partial charge is 0.369 e. The fourth-order valence-electron chi connectivity index (χ4n) is 4.51. The molecule has 1 amide bonds. The molecule has 1 saturated heterocycles. The molecular weight excluding hydrogens is 432 g/mol. The first-order valence-corrected chi connectivity index (χ1v) is 12.6. The monoisotopic (exact) mass is 468 g/mol. The molecule has 0 radical (unpaired) electrons. The van der Waals surface area contributed by atoms with Crippen molar-refractivity contribution in [2.24, 2.45) is 11.7 Å². The van der Waals surface area contributed by atoms with E-state index in [0.717, 1.165) is 48.0 Å². The molecule has 0 spiro atoms. The van der Waals surface area contributed by atoms with Crippen LogP contribution in [0.25, 0.3) is 11.1 Å². The van der Waals surface area contributed by atoms with E-state index in [0.29, 0.717) is 6.42 Å². The summed E-state index contributed by atoms with van der Waals surface area (Å²) in [6.07, 6.45) is 1.79. The maximum absolute atomic E-state index is 12.3. The molecule has 1 aromatic carbocycles. The Kier molecular flexibility index (Phi) is 8.70. The molecule has 1 aliphatic rings. The van der Waals surface area contributed by atoms with Crippen molar-refractivity contribution >= 4 is 28.1 Å². The van der Waals surface area contributed by atoms with Crippen LogP contribution in [0.4, 0.5) is 10.7 Å². The van der Waals surface area contributed by atoms with Crippen molar-refractivity contribution in [3.63, 3.8) is 0 Å². The van der Waals surface area contributed by atoms with E-state index in [1.807, 2.05) is 11.8 Å². The average Bonchev–Trinajstić information content (AvgIpc) is 3.18. The van der Waals surface area contributed by atoms with Gasteiger partial charge in [0.2, 0.25) is 5.91 Å². The summed E-state index contributed by atoms with van der Waals surface area (Å²) in [5.41, 5.74) is 9.90. The summed E-state index contributed by atoms with van der Waals surface area (Å²) in [4.78, 5) is 19.1. The number of hydrogen-bond acceptors (Lipinski definition) is 7. The summed E-state index contributed by atoms with van der Waals surface area (Å²) in [7, 11) is 0. The van der Waals surface area contributed by atoms with E-state index in [2.05, 4.69) is 65.3 Å². The number of rotatable bonds is 10. The zero-order valence-electron chi connectivity index (χ0n) is 20.3. The third-order valence-corrected chi connectivity index (χ3v) is 7.16. The van der Waals surface area contributed by atoms with Gasteiger partial charge in [0.25, 0.3) is 0 Å². The van der Waals surface area contributed by atoms with Crippen LogP contribution in [0.15, 0.2) is 24.3 Å². The van der Waals surface area contributed by atoms with E-state index in [-0.39, 0.29) is 12.5 Å². The van der Waals surface area contributed by atoms with Gasteiger partial charge >= 0.3 is 0 Å². The topological polar surface area (TPSA) is 89.5 Å². The Morgan fingerprint density at radius 3 is 2.45 bits per heavy atom. The van der Waals surface area contributed by atoms with E-state index < -0.39 is 11.9 Å². The third-order valence-electron chi connectivity index (χ3n) is 6.18. The minimum absolute atomic E-state index is 0.0923. The van der Waals surface area contributed by atoms with Gasteiger partial charge in [0.05, 0.1) is 11.8 Å². The predicted octanol–water partition coefficient (Wildman–Crippen LogP) is 3.88. The van der Waals surface area contributed by atoms with E-state index >= 15 is 0 Å². The highest BCUT2D eigenvalue weighted by Gasteiger charge is 2.29. The van der Waals surface area contributed by atoms with Gasteiger partial charge in [-0.05, 0) is 61.5 Å². The van der Waals surface area contributed by atoms with Gasteiger partial charge in [-0.15, -0.1) is 0 Å². The molecule has 7 nitrogen and oxygen atoms in total. The lowest BCUT2D eigenvalue weighted by Crippen LogP contribution is -2.46. The third kappa shape index (κ3) is 6.04. The zero-order chi connectivity index (χ0) is 24.0. The molecule has 3 rings (SSSR count). The molecule has 0 bridgehead atoms. The minimum atomic E-state index is -0.540. The summed E-state index contributed by atoms with van der Waals surface area (Å²) in [6.45, 7) is 13.8. The summed E-state index contributed by atoms with van der Waals surface area (Å²) in [5.74, 6) is -0.133. The smallest absolute Gasteiger partial charge is 0.240 e. The quantitative estimate of drug-likeness (QED) is 0.532. The normalized spacial score (nSPS) is 15.5. The maximum Gasteiger partial charge on any atom is 0.240 e. The number of benzene rings is 1. The number of nitrogens with two attached hydrogens (primary N) is 1. The number of aromatic nitrogens is 1. The molecule has 1 aromatic heterocycles. The number of piperazine rings is 1. The van der Waals surface area contributed by atoms with Gasteiger partial charge in [0, 0.05) is 37.4 Å². The summed E-state index contributed by atoms with van der Waals surface area (Å²) >= 11 is 1.33. The van der Waals surface area contributed by atoms with Crippen molar-refractivity contribution < 1.29 is 4.79 Å². The van der Waals surface area contributed by atoms with Gasteiger partial charge in [0.1, 0.15) is 17.6 Å². The lowest BCUT2D eigenvalue weighted by atomic mass is 10.00. The van der Waals surface area contributed by atoms with Gasteiger partial charge in [-0.1, -0.05) is 32.9 Å². The predicted molar refractivity (Wildman–Crippen MR) is 137 cm³/mol. The highest BCUT2D eigenvalue weighted by molar-refractivity contribution is 7.11. The number of anilines is 2. The van der Waals surface area contributed by atoms with Crippen LogP contribution in [0.3, 0.4) is 0 Å². The lowest BCUT2D eigenvalue weighted by Gasteiger charge is -2.36. The Labute approximate surface area is 201 Å². The minimum Gasteiger partial charge on any atom is -0.369 e. The molecule has 2 heterocycles. The summed E-state index contributed by atoms with van der Waals surface area (Å²) in [6, 6.07) is 10.3. The fourth-order valence-corrected chi connectivity index (χ4v) is 5.48. The molecule has 33 heavy (non-hydrogen) atoms. The number of nitriles is 1. The standard InChI is InChI=1S/C25H36N6OS/c1-5-11-29-13-15-30(16-14-29)21-8-6-20(7-9-21)23-19(4)28-33-25(23)31(12-10-26)22(24(27)32)17-18(2)3/h6-9,18,22H,5,11-17H2,1-4H3,(H2,27,32)/t22-/m0/s1. The molecule has 0 aliphatic carbocycles. The summed E-state index contributed by atoms with van der Waals surface area (Å²) < 4.78 is 4.58. The van der Waals surface area contributed by atoms with Gasteiger partial charge < -0.3 is 15.5 Å². The Hall–Kier alpha value is -2.63. The van der Waals surface area contributed by atoms with Gasteiger partial charge in [0.15, 0.2) is 0 Å². The zero-order valence-corrected chi connectivity index (χ0v) is 21.1. The molecule has 0 unspecified atom stereocenters. The number of nitrogens with zero attached hydrogens (tertiary/aromatic N) is 5. The van der Waals surface area contributed by atoms with Crippen molar-refractivity contribution in [1.29, 1.82) is 5.26 Å². The second-order valence-corrected chi connectivity index (χ2v) is 9.91. The Morgan fingerprint density at radius 2 is 1.91 bits per heavy atom. The molecule has 0 saturated carbocycles. The van der Waals surface area contributed by atoms with Crippen LogP contribution in [-0.2, 0) is 4.79 Å². The van der Waals surface area contributed by atoms with Crippen LogP contribution in [0.1, 0.15) is 39.3 Å². The Morgan fingerprint density at radius 1 is 1.24 bits per heavy atom. The van der Waals surface area contributed by atoms with Crippen LogP contribution in [-0.4, -0.2) is 60.5 Å². The van der Waals surface area contributed by atoms with Gasteiger partial charge in [-0.25, -0.2) is 0 Å². The van der Waals surface area contributed by atoms with Crippen molar-refractivity contribution in [3.05, 3.63) is 30.0 Å². The molecule has 1 atom stereocenters. The van der Waals surface area contributed by atoms with Crippen molar-refractivity contribution in [2.75, 3.05) is 49.1 Å². The maximum atomic E-state index is 12.3. The van der Waals surface area contributed by atoms with E-state index in [4.69, 9.17) is 5.73 Å². The van der Waals surface area contributed by atoms with Crippen LogP contribution in [0, 0.1) is 24.2 Å². The van der Waals surface area contributed by atoms with Gasteiger partial charge in [-0.3, -0.25) is 9.69 Å². The van der Waals surface area contributed by atoms with Crippen molar-refractivity contribution in [2.45, 2.75) is 46.6 Å². The van der Waals surface area contributed by atoms with Crippen molar-refractivity contribution in [1.82, 2.24) is 9.27 Å². The number of carbonyl (C=O) groups excluding carboxylic acids is 1. The number of aryl methyl sites for hydroxylation is 1. The average molecular weight is 469 g/mol. The lowest BCUT2D eigenvalue weighted by molar-refractivity contribution is -0.119. The number of amides is 1. The van der Waals surface area contributed by atoms with Crippen LogP contribution < -0.4 is 15.5 Å². The highest BCUT2D eigenvalue weighted by Crippen LogP contribution is 2.39. The van der Waals surface area contributed by atoms with Crippen molar-refractivity contribution in [3.8, 4) is 17.2 Å². The molecule has 178 valence electrons. The molecule has 2 aromatic rings. The highest BCUT2D eigenvalue weighted by atomic mass is 32.1. The number of primary amides is 1. The Balaban J connectivity index is 1.86. The molecule has 8 heteroatoms. The number of carbonyl (C=O) groups is 1. The summed E-state index contributed by atoms with van der Waals surface area (Å²) in [5, 5.41) is 10.3. The van der Waals surface area contributed by atoms with Crippen LogP contribution in [0.5, 0.6) is 0 Å².